The summed E-state index contributed by atoms with van der Waals surface area (Å²) < 4.78 is 68.7. The van der Waals surface area contributed by atoms with E-state index in [-0.39, 0.29) is 20.9 Å². The van der Waals surface area contributed by atoms with E-state index < -0.39 is 38.9 Å². The molecule has 0 spiro atoms. The van der Waals surface area contributed by atoms with Crippen molar-refractivity contribution in [1.29, 1.82) is 0 Å². The number of amides is 1. The van der Waals surface area contributed by atoms with E-state index in [0.29, 0.717) is 0 Å². The standard InChI is InChI=1S/C17H11BrF3N3O3S/c1-24-8-13(22-16(24)15-11(20)3-2-4-12(15)21)17(25)23-28(26,27)14-6-5-9(19)7-10(14)18/h2-8H,1H3,(H,23,25). The Morgan fingerprint density at radius 1 is 1.14 bits per heavy atom. The van der Waals surface area contributed by atoms with Crippen LogP contribution in [0.25, 0.3) is 11.4 Å². The highest BCUT2D eigenvalue weighted by atomic mass is 79.9. The number of rotatable bonds is 4. The summed E-state index contributed by atoms with van der Waals surface area (Å²) in [5.74, 6) is -3.75. The number of carbonyl (C=O) groups is 1. The molecule has 1 N–H and O–H groups in total. The predicted molar refractivity (Wildman–Crippen MR) is 97.3 cm³/mol. The van der Waals surface area contributed by atoms with Crippen LogP contribution in [0, 0.1) is 17.5 Å². The Bertz CT molecular complexity index is 1180. The molecule has 11 heteroatoms. The van der Waals surface area contributed by atoms with Crippen molar-refractivity contribution in [2.45, 2.75) is 4.90 Å². The van der Waals surface area contributed by atoms with Gasteiger partial charge < -0.3 is 4.57 Å². The van der Waals surface area contributed by atoms with Crippen LogP contribution < -0.4 is 4.72 Å². The van der Waals surface area contributed by atoms with E-state index >= 15 is 0 Å². The number of benzene rings is 2. The summed E-state index contributed by atoms with van der Waals surface area (Å²) in [5, 5.41) is 0. The number of imidazole rings is 1. The molecule has 0 aliphatic heterocycles. The number of sulfonamides is 1. The maximum Gasteiger partial charge on any atom is 0.285 e. The molecule has 1 aromatic heterocycles. The first-order chi connectivity index (χ1) is 13.1. The molecule has 0 atom stereocenters. The SMILES string of the molecule is Cn1cc(C(=O)NS(=O)(=O)c2ccc(F)cc2Br)nc1-c1c(F)cccc1F. The lowest BCUT2D eigenvalue weighted by molar-refractivity contribution is 0.0977. The molecule has 0 aliphatic carbocycles. The van der Waals surface area contributed by atoms with Crippen LogP contribution in [0.3, 0.4) is 0 Å². The zero-order chi connectivity index (χ0) is 20.6. The molecule has 0 unspecified atom stereocenters. The van der Waals surface area contributed by atoms with E-state index in [0.717, 1.165) is 36.5 Å². The van der Waals surface area contributed by atoms with Crippen LogP contribution in [0.1, 0.15) is 10.5 Å². The van der Waals surface area contributed by atoms with Gasteiger partial charge in [-0.05, 0) is 46.3 Å². The van der Waals surface area contributed by atoms with Crippen molar-refractivity contribution in [3.8, 4) is 11.4 Å². The van der Waals surface area contributed by atoms with Crippen LogP contribution in [-0.2, 0) is 17.1 Å². The monoisotopic (exact) mass is 473 g/mol. The summed E-state index contributed by atoms with van der Waals surface area (Å²) in [6, 6.07) is 6.07. The van der Waals surface area contributed by atoms with Gasteiger partial charge in [-0.3, -0.25) is 4.79 Å². The van der Waals surface area contributed by atoms with Crippen molar-refractivity contribution in [2.24, 2.45) is 7.05 Å². The van der Waals surface area contributed by atoms with Crippen LogP contribution >= 0.6 is 15.9 Å². The van der Waals surface area contributed by atoms with Crippen LogP contribution in [0.2, 0.25) is 0 Å². The second-order valence-corrected chi connectivity index (χ2v) is 8.17. The highest BCUT2D eigenvalue weighted by molar-refractivity contribution is 9.10. The molecule has 1 heterocycles. The molecule has 1 amide bonds. The van der Waals surface area contributed by atoms with E-state index in [1.54, 1.807) is 4.72 Å². The molecule has 0 aliphatic rings. The molecular weight excluding hydrogens is 463 g/mol. The van der Waals surface area contributed by atoms with E-state index in [1.165, 1.54) is 17.7 Å². The van der Waals surface area contributed by atoms with Gasteiger partial charge >= 0.3 is 0 Å². The van der Waals surface area contributed by atoms with Gasteiger partial charge in [0.1, 0.15) is 33.9 Å². The quantitative estimate of drug-likeness (QED) is 0.629. The average Bonchev–Trinajstić information content (AvgIpc) is 2.96. The minimum Gasteiger partial charge on any atom is -0.333 e. The summed E-state index contributed by atoms with van der Waals surface area (Å²) in [6.45, 7) is 0. The lowest BCUT2D eigenvalue weighted by Gasteiger charge is -2.07. The zero-order valence-corrected chi connectivity index (χ0v) is 16.5. The Kier molecular flexibility index (Phi) is 5.31. The van der Waals surface area contributed by atoms with Crippen molar-refractivity contribution in [3.05, 3.63) is 70.2 Å². The molecule has 3 aromatic rings. The average molecular weight is 474 g/mol. The van der Waals surface area contributed by atoms with Gasteiger partial charge in [-0.15, -0.1) is 0 Å². The number of carbonyl (C=O) groups excluding carboxylic acids is 1. The molecule has 0 saturated carbocycles. The van der Waals surface area contributed by atoms with Crippen molar-refractivity contribution in [3.63, 3.8) is 0 Å². The third-order valence-electron chi connectivity index (χ3n) is 3.71. The van der Waals surface area contributed by atoms with Crippen molar-refractivity contribution in [1.82, 2.24) is 14.3 Å². The highest BCUT2D eigenvalue weighted by Crippen LogP contribution is 2.26. The molecule has 0 fully saturated rings. The molecule has 2 aromatic carbocycles. The Labute approximate surface area is 166 Å². The Morgan fingerprint density at radius 3 is 2.39 bits per heavy atom. The molecule has 28 heavy (non-hydrogen) atoms. The molecule has 0 saturated heterocycles. The second kappa shape index (κ2) is 7.40. The van der Waals surface area contributed by atoms with Crippen LogP contribution in [0.15, 0.2) is 52.0 Å². The van der Waals surface area contributed by atoms with Crippen LogP contribution in [0.5, 0.6) is 0 Å². The van der Waals surface area contributed by atoms with Gasteiger partial charge in [0.05, 0.1) is 5.56 Å². The Morgan fingerprint density at radius 2 is 1.79 bits per heavy atom. The number of aromatic nitrogens is 2. The van der Waals surface area contributed by atoms with E-state index in [2.05, 4.69) is 20.9 Å². The lowest BCUT2D eigenvalue weighted by atomic mass is 10.2. The first-order valence-corrected chi connectivity index (χ1v) is 9.87. The fourth-order valence-electron chi connectivity index (χ4n) is 2.44. The fraction of sp³-hybridized carbons (Fsp3) is 0.0588. The summed E-state index contributed by atoms with van der Waals surface area (Å²) >= 11 is 2.92. The van der Waals surface area contributed by atoms with Crippen molar-refractivity contribution in [2.75, 3.05) is 0 Å². The molecule has 146 valence electrons. The minimum atomic E-state index is -4.35. The predicted octanol–water partition coefficient (Wildman–Crippen LogP) is 3.39. The van der Waals surface area contributed by atoms with Crippen molar-refractivity contribution >= 4 is 31.9 Å². The number of aryl methyl sites for hydroxylation is 1. The van der Waals surface area contributed by atoms with E-state index in [9.17, 15) is 26.4 Å². The molecule has 0 radical (unpaired) electrons. The highest BCUT2D eigenvalue weighted by Gasteiger charge is 2.25. The number of hydrogen-bond donors (Lipinski definition) is 1. The number of nitrogens with zero attached hydrogens (tertiary/aromatic N) is 2. The normalized spacial score (nSPS) is 11.5. The number of halogens is 4. The molecular formula is C17H11BrF3N3O3S. The Balaban J connectivity index is 1.94. The van der Waals surface area contributed by atoms with Gasteiger partial charge in [-0.2, -0.15) is 0 Å². The number of nitrogens with one attached hydrogen (secondary N) is 1. The number of hydrogen-bond acceptors (Lipinski definition) is 4. The van der Waals surface area contributed by atoms with Gasteiger partial charge in [-0.1, -0.05) is 6.07 Å². The van der Waals surface area contributed by atoms with Gasteiger partial charge in [-0.25, -0.2) is 31.3 Å². The minimum absolute atomic E-state index is 0.0806. The lowest BCUT2D eigenvalue weighted by Crippen LogP contribution is -2.31. The van der Waals surface area contributed by atoms with Crippen LogP contribution in [0.4, 0.5) is 13.2 Å². The van der Waals surface area contributed by atoms with Gasteiger partial charge in [0.15, 0.2) is 0 Å². The molecule has 3 rings (SSSR count). The first kappa shape index (κ1) is 20.1. The smallest absolute Gasteiger partial charge is 0.285 e. The molecule has 6 nitrogen and oxygen atoms in total. The molecule has 0 bridgehead atoms. The third kappa shape index (κ3) is 3.80. The third-order valence-corrected chi connectivity index (χ3v) is 6.01. The Hall–Kier alpha value is -2.66. The largest absolute Gasteiger partial charge is 0.333 e. The summed E-state index contributed by atoms with van der Waals surface area (Å²) in [5.41, 5.74) is -0.824. The van der Waals surface area contributed by atoms with Crippen molar-refractivity contribution < 1.29 is 26.4 Å². The summed E-state index contributed by atoms with van der Waals surface area (Å²) in [4.78, 5) is 15.8. The fourth-order valence-corrected chi connectivity index (χ4v) is 4.45. The van der Waals surface area contributed by atoms with E-state index in [4.69, 9.17) is 0 Å². The zero-order valence-electron chi connectivity index (χ0n) is 14.1. The van der Waals surface area contributed by atoms with E-state index in [1.807, 2.05) is 0 Å². The maximum atomic E-state index is 14.0. The maximum absolute atomic E-state index is 14.0. The van der Waals surface area contributed by atoms with Gasteiger partial charge in [0.25, 0.3) is 15.9 Å². The topological polar surface area (TPSA) is 81.1 Å². The van der Waals surface area contributed by atoms with Gasteiger partial charge in [0, 0.05) is 17.7 Å². The first-order valence-electron chi connectivity index (χ1n) is 7.60. The second-order valence-electron chi connectivity index (χ2n) is 5.67. The van der Waals surface area contributed by atoms with Crippen LogP contribution in [-0.4, -0.2) is 23.9 Å². The van der Waals surface area contributed by atoms with Gasteiger partial charge in [0.2, 0.25) is 0 Å². The summed E-state index contributed by atoms with van der Waals surface area (Å²) in [6.07, 6.45) is 1.13. The summed E-state index contributed by atoms with van der Waals surface area (Å²) in [7, 11) is -2.95.